The zero-order chi connectivity index (χ0) is 8.60. The zero-order valence-electron chi connectivity index (χ0n) is 7.73. The van der Waals surface area contributed by atoms with E-state index in [1.807, 2.05) is 0 Å². The maximum absolute atomic E-state index is 10.9. The van der Waals surface area contributed by atoms with Crippen molar-refractivity contribution in [1.29, 1.82) is 0 Å². The van der Waals surface area contributed by atoms with Gasteiger partial charge in [-0.15, -0.1) is 0 Å². The molecule has 2 aliphatic rings. The van der Waals surface area contributed by atoms with E-state index in [1.165, 1.54) is 19.3 Å². The Morgan fingerprint density at radius 2 is 2.33 bits per heavy atom. The summed E-state index contributed by atoms with van der Waals surface area (Å²) in [5.74, 6) is 1.22. The molecule has 0 aromatic rings. The molecule has 12 heavy (non-hydrogen) atoms. The second kappa shape index (κ2) is 2.75. The Balaban J connectivity index is 1.87. The van der Waals surface area contributed by atoms with Crippen LogP contribution >= 0.6 is 0 Å². The Morgan fingerprint density at radius 3 is 2.83 bits per heavy atom. The van der Waals surface area contributed by atoms with Crippen LogP contribution in [0, 0.1) is 11.3 Å². The van der Waals surface area contributed by atoms with Gasteiger partial charge in [0, 0.05) is 13.0 Å². The summed E-state index contributed by atoms with van der Waals surface area (Å²) in [7, 11) is 0. The SMILES string of the molecule is CC1(CC2CC2)CCC(=O)NC1. The van der Waals surface area contributed by atoms with Crippen molar-refractivity contribution in [2.24, 2.45) is 11.3 Å². The summed E-state index contributed by atoms with van der Waals surface area (Å²) >= 11 is 0. The van der Waals surface area contributed by atoms with Crippen LogP contribution in [0.15, 0.2) is 0 Å². The highest BCUT2D eigenvalue weighted by molar-refractivity contribution is 5.76. The maximum atomic E-state index is 10.9. The molecule has 0 radical (unpaired) electrons. The fourth-order valence-corrected chi connectivity index (χ4v) is 2.10. The van der Waals surface area contributed by atoms with E-state index in [0.29, 0.717) is 5.41 Å². The molecule has 1 aliphatic carbocycles. The van der Waals surface area contributed by atoms with Gasteiger partial charge in [0.15, 0.2) is 0 Å². The molecule has 0 aromatic carbocycles. The lowest BCUT2D eigenvalue weighted by Gasteiger charge is -2.33. The molecule has 1 saturated heterocycles. The lowest BCUT2D eigenvalue weighted by molar-refractivity contribution is -0.124. The lowest BCUT2D eigenvalue weighted by Crippen LogP contribution is -2.41. The van der Waals surface area contributed by atoms with Crippen molar-refractivity contribution in [3.63, 3.8) is 0 Å². The molecule has 0 bridgehead atoms. The van der Waals surface area contributed by atoms with Crippen LogP contribution in [0.3, 0.4) is 0 Å². The lowest BCUT2D eigenvalue weighted by atomic mass is 9.78. The van der Waals surface area contributed by atoms with Crippen LogP contribution < -0.4 is 5.32 Å². The third-order valence-corrected chi connectivity index (χ3v) is 3.15. The summed E-state index contributed by atoms with van der Waals surface area (Å²) in [6.07, 6.45) is 6.00. The van der Waals surface area contributed by atoms with E-state index in [2.05, 4.69) is 12.2 Å². The second-order valence-electron chi connectivity index (χ2n) is 4.73. The van der Waals surface area contributed by atoms with Crippen molar-refractivity contribution in [1.82, 2.24) is 5.32 Å². The first-order valence-electron chi connectivity index (χ1n) is 4.95. The number of rotatable bonds is 2. The van der Waals surface area contributed by atoms with Crippen molar-refractivity contribution < 1.29 is 4.79 Å². The predicted molar refractivity (Wildman–Crippen MR) is 47.7 cm³/mol. The van der Waals surface area contributed by atoms with Gasteiger partial charge in [0.1, 0.15) is 0 Å². The molecule has 68 valence electrons. The first-order valence-corrected chi connectivity index (χ1v) is 4.95. The van der Waals surface area contributed by atoms with E-state index in [-0.39, 0.29) is 5.91 Å². The van der Waals surface area contributed by atoms with E-state index in [1.54, 1.807) is 0 Å². The predicted octanol–water partition coefficient (Wildman–Crippen LogP) is 1.70. The van der Waals surface area contributed by atoms with Gasteiger partial charge in [-0.25, -0.2) is 0 Å². The zero-order valence-corrected chi connectivity index (χ0v) is 7.73. The van der Waals surface area contributed by atoms with Gasteiger partial charge in [0.2, 0.25) is 5.91 Å². The minimum absolute atomic E-state index is 0.239. The Morgan fingerprint density at radius 1 is 1.58 bits per heavy atom. The van der Waals surface area contributed by atoms with Gasteiger partial charge in [-0.05, 0) is 24.2 Å². The molecular formula is C10H17NO. The molecule has 0 spiro atoms. The smallest absolute Gasteiger partial charge is 0.220 e. The van der Waals surface area contributed by atoms with Gasteiger partial charge < -0.3 is 5.32 Å². The third kappa shape index (κ3) is 1.79. The number of carbonyl (C=O) groups is 1. The Hall–Kier alpha value is -0.530. The first-order chi connectivity index (χ1) is 5.68. The molecule has 1 unspecified atom stereocenters. The van der Waals surface area contributed by atoms with Gasteiger partial charge in [-0.1, -0.05) is 19.8 Å². The summed E-state index contributed by atoms with van der Waals surface area (Å²) in [4.78, 5) is 10.9. The summed E-state index contributed by atoms with van der Waals surface area (Å²) in [6.45, 7) is 3.22. The van der Waals surface area contributed by atoms with E-state index in [4.69, 9.17) is 0 Å². The normalized spacial score (nSPS) is 36.2. The number of carbonyl (C=O) groups excluding carboxylic acids is 1. The first kappa shape index (κ1) is 8.09. The Bertz CT molecular complexity index is 186. The molecule has 2 fully saturated rings. The third-order valence-electron chi connectivity index (χ3n) is 3.15. The van der Waals surface area contributed by atoms with Crippen molar-refractivity contribution in [2.45, 2.75) is 39.0 Å². The van der Waals surface area contributed by atoms with E-state index < -0.39 is 0 Å². The Labute approximate surface area is 73.7 Å². The van der Waals surface area contributed by atoms with Gasteiger partial charge in [-0.3, -0.25) is 4.79 Å². The van der Waals surface area contributed by atoms with Gasteiger partial charge in [0.05, 0.1) is 0 Å². The van der Waals surface area contributed by atoms with Crippen LogP contribution in [0.5, 0.6) is 0 Å². The number of piperidine rings is 1. The monoisotopic (exact) mass is 167 g/mol. The molecule has 1 atom stereocenters. The quantitative estimate of drug-likeness (QED) is 0.666. The van der Waals surface area contributed by atoms with Gasteiger partial charge >= 0.3 is 0 Å². The largest absolute Gasteiger partial charge is 0.356 e. The fraction of sp³-hybridized carbons (Fsp3) is 0.900. The highest BCUT2D eigenvalue weighted by Crippen LogP contribution is 2.42. The summed E-state index contributed by atoms with van der Waals surface area (Å²) in [6, 6.07) is 0. The topological polar surface area (TPSA) is 29.1 Å². The standard InChI is InChI=1S/C10H17NO/c1-10(6-8-2-3-8)5-4-9(12)11-7-10/h8H,2-7H2,1H3,(H,11,12). The van der Waals surface area contributed by atoms with Gasteiger partial charge in [0.25, 0.3) is 0 Å². The van der Waals surface area contributed by atoms with E-state index in [9.17, 15) is 4.79 Å². The van der Waals surface area contributed by atoms with Crippen molar-refractivity contribution >= 4 is 5.91 Å². The minimum Gasteiger partial charge on any atom is -0.356 e. The van der Waals surface area contributed by atoms with Gasteiger partial charge in [-0.2, -0.15) is 0 Å². The van der Waals surface area contributed by atoms with Crippen LogP contribution in [-0.2, 0) is 4.79 Å². The summed E-state index contributed by atoms with van der Waals surface area (Å²) in [5, 5.41) is 2.97. The maximum Gasteiger partial charge on any atom is 0.220 e. The summed E-state index contributed by atoms with van der Waals surface area (Å²) in [5.41, 5.74) is 0.412. The fourth-order valence-electron chi connectivity index (χ4n) is 2.10. The summed E-state index contributed by atoms with van der Waals surface area (Å²) < 4.78 is 0. The van der Waals surface area contributed by atoms with E-state index in [0.717, 1.165) is 25.3 Å². The highest BCUT2D eigenvalue weighted by atomic mass is 16.1. The van der Waals surface area contributed by atoms with Crippen molar-refractivity contribution in [3.8, 4) is 0 Å². The van der Waals surface area contributed by atoms with Crippen LogP contribution in [0.25, 0.3) is 0 Å². The molecule has 1 saturated carbocycles. The molecule has 1 aliphatic heterocycles. The van der Waals surface area contributed by atoms with Crippen LogP contribution in [0.4, 0.5) is 0 Å². The van der Waals surface area contributed by atoms with Crippen LogP contribution in [0.1, 0.15) is 39.0 Å². The van der Waals surface area contributed by atoms with Crippen molar-refractivity contribution in [2.75, 3.05) is 6.54 Å². The number of hydrogen-bond donors (Lipinski definition) is 1. The van der Waals surface area contributed by atoms with E-state index >= 15 is 0 Å². The molecule has 1 heterocycles. The molecule has 1 amide bonds. The van der Waals surface area contributed by atoms with Crippen molar-refractivity contribution in [3.05, 3.63) is 0 Å². The molecule has 0 aromatic heterocycles. The second-order valence-corrected chi connectivity index (χ2v) is 4.73. The van der Waals surface area contributed by atoms with Crippen LogP contribution in [-0.4, -0.2) is 12.5 Å². The number of amides is 1. The minimum atomic E-state index is 0.239. The Kier molecular flexibility index (Phi) is 1.85. The molecule has 2 nitrogen and oxygen atoms in total. The molecular weight excluding hydrogens is 150 g/mol. The molecule has 1 N–H and O–H groups in total. The average molecular weight is 167 g/mol. The van der Waals surface area contributed by atoms with Crippen LogP contribution in [0.2, 0.25) is 0 Å². The number of hydrogen-bond acceptors (Lipinski definition) is 1. The average Bonchev–Trinajstić information content (AvgIpc) is 2.80. The highest BCUT2D eigenvalue weighted by Gasteiger charge is 2.35. The number of nitrogens with one attached hydrogen (secondary N) is 1. The molecule has 2 heteroatoms. The molecule has 2 rings (SSSR count).